The van der Waals surface area contributed by atoms with Gasteiger partial charge in [0, 0.05) is 25.0 Å². The van der Waals surface area contributed by atoms with Gasteiger partial charge in [0.05, 0.1) is 0 Å². The average Bonchev–Trinajstić information content (AvgIpc) is 2.74. The summed E-state index contributed by atoms with van der Waals surface area (Å²) < 4.78 is 1.98. The van der Waals surface area contributed by atoms with Crippen molar-refractivity contribution in [3.05, 3.63) is 18.5 Å². The molecule has 0 aliphatic rings. The van der Waals surface area contributed by atoms with Crippen molar-refractivity contribution in [3.63, 3.8) is 0 Å². The highest BCUT2D eigenvalue weighted by Gasteiger charge is 1.99. The van der Waals surface area contributed by atoms with Crippen LogP contribution in [-0.4, -0.2) is 22.4 Å². The van der Waals surface area contributed by atoms with Crippen molar-refractivity contribution in [2.45, 2.75) is 52.1 Å². The number of nitrogens with zero attached hydrogens (tertiary/aromatic N) is 2. The minimum Gasteiger partial charge on any atom is -0.314 e. The third-order valence-electron chi connectivity index (χ3n) is 2.61. The number of unbranched alkanes of at least 4 members (excludes halogenated alkanes) is 1. The van der Waals surface area contributed by atoms with E-state index in [1.807, 2.05) is 23.1 Å². The van der Waals surface area contributed by atoms with Gasteiger partial charge < -0.3 is 5.32 Å². The molecule has 0 fully saturated rings. The van der Waals surface area contributed by atoms with Crippen LogP contribution in [0.4, 0.5) is 0 Å². The maximum absolute atomic E-state index is 4.17. The Morgan fingerprint density at radius 2 is 2.27 bits per heavy atom. The number of rotatable bonds is 8. The van der Waals surface area contributed by atoms with Crippen molar-refractivity contribution < 1.29 is 0 Å². The summed E-state index contributed by atoms with van der Waals surface area (Å²) in [6.07, 6.45) is 8.90. The zero-order chi connectivity index (χ0) is 10.9. The fourth-order valence-corrected chi connectivity index (χ4v) is 1.63. The Balaban J connectivity index is 1.97. The highest BCUT2D eigenvalue weighted by atomic mass is 15.3. The Kier molecular flexibility index (Phi) is 6.09. The molecule has 0 aliphatic carbocycles. The first-order chi connectivity index (χ1) is 7.33. The largest absolute Gasteiger partial charge is 0.314 e. The summed E-state index contributed by atoms with van der Waals surface area (Å²) in [5.74, 6) is 0. The van der Waals surface area contributed by atoms with E-state index < -0.39 is 0 Å². The van der Waals surface area contributed by atoms with Gasteiger partial charge in [0.1, 0.15) is 0 Å². The molecule has 0 radical (unpaired) electrons. The lowest BCUT2D eigenvalue weighted by Gasteiger charge is -2.12. The van der Waals surface area contributed by atoms with Crippen molar-refractivity contribution in [2.75, 3.05) is 6.54 Å². The molecule has 0 amide bonds. The van der Waals surface area contributed by atoms with Crippen molar-refractivity contribution >= 4 is 0 Å². The van der Waals surface area contributed by atoms with E-state index in [0.717, 1.165) is 19.5 Å². The number of aromatic nitrogens is 2. The Morgan fingerprint density at radius 1 is 1.40 bits per heavy atom. The fourth-order valence-electron chi connectivity index (χ4n) is 1.63. The summed E-state index contributed by atoms with van der Waals surface area (Å²) in [7, 11) is 0. The third-order valence-corrected chi connectivity index (χ3v) is 2.61. The van der Waals surface area contributed by atoms with Crippen molar-refractivity contribution in [2.24, 2.45) is 0 Å². The highest BCUT2D eigenvalue weighted by molar-refractivity contribution is 4.77. The molecule has 1 N–H and O–H groups in total. The molecule has 1 aromatic heterocycles. The quantitative estimate of drug-likeness (QED) is 0.666. The molecule has 15 heavy (non-hydrogen) atoms. The van der Waals surface area contributed by atoms with Crippen LogP contribution in [0.3, 0.4) is 0 Å². The number of hydrogen-bond donors (Lipinski definition) is 1. The fraction of sp³-hybridized carbons (Fsp3) is 0.750. The predicted molar refractivity (Wildman–Crippen MR) is 63.8 cm³/mol. The maximum atomic E-state index is 4.17. The second-order valence-electron chi connectivity index (χ2n) is 4.12. The van der Waals surface area contributed by atoms with Gasteiger partial charge in [0.25, 0.3) is 0 Å². The molecule has 1 aromatic rings. The van der Waals surface area contributed by atoms with Crippen LogP contribution < -0.4 is 5.32 Å². The highest BCUT2D eigenvalue weighted by Crippen LogP contribution is 1.99. The topological polar surface area (TPSA) is 29.9 Å². The monoisotopic (exact) mass is 209 g/mol. The van der Waals surface area contributed by atoms with E-state index in [9.17, 15) is 0 Å². The molecule has 0 saturated carbocycles. The number of hydrogen-bond acceptors (Lipinski definition) is 2. The molecular weight excluding hydrogens is 186 g/mol. The van der Waals surface area contributed by atoms with E-state index in [4.69, 9.17) is 0 Å². The maximum Gasteiger partial charge on any atom is 0.0489 e. The first kappa shape index (κ1) is 12.2. The standard InChI is InChI=1S/C12H23N3/c1-3-4-7-12(2)13-8-5-10-15-11-6-9-14-15/h6,9,11-13H,3-5,7-8,10H2,1-2H3. The zero-order valence-electron chi connectivity index (χ0n) is 9.95. The lowest BCUT2D eigenvalue weighted by molar-refractivity contribution is 0.467. The van der Waals surface area contributed by atoms with Crippen LogP contribution in [-0.2, 0) is 6.54 Å². The van der Waals surface area contributed by atoms with E-state index in [0.29, 0.717) is 6.04 Å². The van der Waals surface area contributed by atoms with Gasteiger partial charge in [-0.15, -0.1) is 0 Å². The van der Waals surface area contributed by atoms with Gasteiger partial charge >= 0.3 is 0 Å². The Labute approximate surface area is 92.9 Å². The molecule has 0 bridgehead atoms. The van der Waals surface area contributed by atoms with Crippen molar-refractivity contribution in [1.82, 2.24) is 15.1 Å². The predicted octanol–water partition coefficient (Wildman–Crippen LogP) is 2.44. The van der Waals surface area contributed by atoms with Crippen LogP contribution in [0.1, 0.15) is 39.5 Å². The van der Waals surface area contributed by atoms with Crippen LogP contribution in [0, 0.1) is 0 Å². The first-order valence-corrected chi connectivity index (χ1v) is 6.03. The Bertz CT molecular complexity index is 231. The van der Waals surface area contributed by atoms with E-state index in [1.54, 1.807) is 0 Å². The Morgan fingerprint density at radius 3 is 2.93 bits per heavy atom. The summed E-state index contributed by atoms with van der Waals surface area (Å²) in [6, 6.07) is 2.62. The molecule has 1 atom stereocenters. The van der Waals surface area contributed by atoms with Gasteiger partial charge in [-0.05, 0) is 32.4 Å². The summed E-state index contributed by atoms with van der Waals surface area (Å²) in [5.41, 5.74) is 0. The second-order valence-corrected chi connectivity index (χ2v) is 4.12. The molecule has 0 spiro atoms. The van der Waals surface area contributed by atoms with Crippen LogP contribution in [0.25, 0.3) is 0 Å². The third kappa shape index (κ3) is 5.57. The minimum absolute atomic E-state index is 0.655. The van der Waals surface area contributed by atoms with Gasteiger partial charge in [-0.3, -0.25) is 4.68 Å². The molecule has 3 nitrogen and oxygen atoms in total. The molecule has 1 rings (SSSR count). The van der Waals surface area contributed by atoms with E-state index >= 15 is 0 Å². The smallest absolute Gasteiger partial charge is 0.0489 e. The number of nitrogens with one attached hydrogen (secondary N) is 1. The molecule has 1 unspecified atom stereocenters. The van der Waals surface area contributed by atoms with Gasteiger partial charge in [-0.2, -0.15) is 5.10 Å². The normalized spacial score (nSPS) is 12.9. The SMILES string of the molecule is CCCCC(C)NCCCn1cccn1. The van der Waals surface area contributed by atoms with E-state index in [1.165, 1.54) is 19.3 Å². The van der Waals surface area contributed by atoms with Crippen LogP contribution >= 0.6 is 0 Å². The molecule has 3 heteroatoms. The minimum atomic E-state index is 0.655. The summed E-state index contributed by atoms with van der Waals surface area (Å²) in [6.45, 7) is 6.61. The second kappa shape index (κ2) is 7.46. The number of aryl methyl sites for hydroxylation is 1. The van der Waals surface area contributed by atoms with Crippen molar-refractivity contribution in [3.8, 4) is 0 Å². The van der Waals surface area contributed by atoms with Crippen molar-refractivity contribution in [1.29, 1.82) is 0 Å². The van der Waals surface area contributed by atoms with Gasteiger partial charge in [-0.25, -0.2) is 0 Å². The summed E-state index contributed by atoms with van der Waals surface area (Å²) in [5, 5.41) is 7.71. The lowest BCUT2D eigenvalue weighted by atomic mass is 10.1. The molecule has 0 saturated heterocycles. The Hall–Kier alpha value is -0.830. The lowest BCUT2D eigenvalue weighted by Crippen LogP contribution is -2.27. The molecule has 1 heterocycles. The summed E-state index contributed by atoms with van der Waals surface area (Å²) in [4.78, 5) is 0. The molecular formula is C12H23N3. The zero-order valence-corrected chi connectivity index (χ0v) is 9.95. The van der Waals surface area contributed by atoms with Crippen LogP contribution in [0.5, 0.6) is 0 Å². The summed E-state index contributed by atoms with van der Waals surface area (Å²) >= 11 is 0. The molecule has 0 aromatic carbocycles. The van der Waals surface area contributed by atoms with Crippen LogP contribution in [0.15, 0.2) is 18.5 Å². The molecule has 0 aliphatic heterocycles. The van der Waals surface area contributed by atoms with Gasteiger partial charge in [0.2, 0.25) is 0 Å². The van der Waals surface area contributed by atoms with Gasteiger partial charge in [0.15, 0.2) is 0 Å². The van der Waals surface area contributed by atoms with E-state index in [2.05, 4.69) is 24.3 Å². The molecule has 86 valence electrons. The van der Waals surface area contributed by atoms with Gasteiger partial charge in [-0.1, -0.05) is 19.8 Å². The average molecular weight is 209 g/mol. The van der Waals surface area contributed by atoms with Crippen LogP contribution in [0.2, 0.25) is 0 Å². The first-order valence-electron chi connectivity index (χ1n) is 6.03. The van der Waals surface area contributed by atoms with E-state index in [-0.39, 0.29) is 0 Å².